The van der Waals surface area contributed by atoms with Crippen molar-refractivity contribution in [3.63, 3.8) is 0 Å². The van der Waals surface area contributed by atoms with Gasteiger partial charge < -0.3 is 10.1 Å². The number of benzene rings is 2. The summed E-state index contributed by atoms with van der Waals surface area (Å²) in [5.74, 6) is 0.645. The van der Waals surface area contributed by atoms with E-state index in [-0.39, 0.29) is 11.9 Å². The first-order chi connectivity index (χ1) is 10.6. The van der Waals surface area contributed by atoms with E-state index in [4.69, 9.17) is 16.3 Å². The summed E-state index contributed by atoms with van der Waals surface area (Å²) in [6.07, 6.45) is 0.908. The molecule has 0 aliphatic heterocycles. The van der Waals surface area contributed by atoms with Gasteiger partial charge in [0.1, 0.15) is 12.4 Å². The molecule has 0 heterocycles. The minimum atomic E-state index is -0.0630. The molecular formula is C18H20ClNO2. The predicted molar refractivity (Wildman–Crippen MR) is 89.4 cm³/mol. The van der Waals surface area contributed by atoms with E-state index in [1.54, 1.807) is 24.3 Å². The third-order valence-electron chi connectivity index (χ3n) is 3.46. The molecule has 0 fully saturated rings. The van der Waals surface area contributed by atoms with Crippen LogP contribution in [0.15, 0.2) is 48.5 Å². The van der Waals surface area contributed by atoms with Crippen molar-refractivity contribution in [2.45, 2.75) is 32.9 Å². The standard InChI is InChI=1S/C18H20ClNO2/c1-3-13(2)20-18(21)14-8-10-16(11-9-14)22-12-15-6-4-5-7-17(15)19/h4-11,13H,3,12H2,1-2H3,(H,20,21)/t13-/m0/s1. The monoisotopic (exact) mass is 317 g/mol. The van der Waals surface area contributed by atoms with E-state index in [1.165, 1.54) is 0 Å². The number of carbonyl (C=O) groups excluding carboxylic acids is 1. The molecular weight excluding hydrogens is 298 g/mol. The summed E-state index contributed by atoms with van der Waals surface area (Å²) >= 11 is 6.09. The number of rotatable bonds is 6. The Morgan fingerprint density at radius 3 is 2.50 bits per heavy atom. The molecule has 2 aromatic carbocycles. The average molecular weight is 318 g/mol. The Morgan fingerprint density at radius 2 is 1.86 bits per heavy atom. The molecule has 1 amide bonds. The molecule has 0 aromatic heterocycles. The lowest BCUT2D eigenvalue weighted by Gasteiger charge is -2.12. The highest BCUT2D eigenvalue weighted by Crippen LogP contribution is 2.19. The van der Waals surface area contributed by atoms with Crippen LogP contribution in [0.1, 0.15) is 36.2 Å². The lowest BCUT2D eigenvalue weighted by Crippen LogP contribution is -2.31. The molecule has 1 N–H and O–H groups in total. The molecule has 0 bridgehead atoms. The van der Waals surface area contributed by atoms with E-state index >= 15 is 0 Å². The van der Waals surface area contributed by atoms with Crippen molar-refractivity contribution in [1.82, 2.24) is 5.32 Å². The highest BCUT2D eigenvalue weighted by atomic mass is 35.5. The second-order valence-electron chi connectivity index (χ2n) is 5.19. The van der Waals surface area contributed by atoms with Gasteiger partial charge in [0, 0.05) is 22.2 Å². The summed E-state index contributed by atoms with van der Waals surface area (Å²) in [4.78, 5) is 12.0. The predicted octanol–water partition coefficient (Wildman–Crippen LogP) is 4.45. The smallest absolute Gasteiger partial charge is 0.251 e. The van der Waals surface area contributed by atoms with Gasteiger partial charge in [-0.25, -0.2) is 0 Å². The van der Waals surface area contributed by atoms with Crippen LogP contribution in [-0.4, -0.2) is 11.9 Å². The summed E-state index contributed by atoms with van der Waals surface area (Å²) < 4.78 is 5.69. The lowest BCUT2D eigenvalue weighted by molar-refractivity contribution is 0.0939. The number of halogens is 1. The average Bonchev–Trinajstić information content (AvgIpc) is 2.54. The number of hydrogen-bond donors (Lipinski definition) is 1. The fourth-order valence-corrected chi connectivity index (χ4v) is 2.08. The second-order valence-corrected chi connectivity index (χ2v) is 5.59. The number of amides is 1. The maximum atomic E-state index is 12.0. The van der Waals surface area contributed by atoms with Gasteiger partial charge in [0.2, 0.25) is 0 Å². The summed E-state index contributed by atoms with van der Waals surface area (Å²) in [5.41, 5.74) is 1.56. The van der Waals surface area contributed by atoms with Crippen molar-refractivity contribution in [3.8, 4) is 5.75 Å². The van der Waals surface area contributed by atoms with Crippen LogP contribution in [0.4, 0.5) is 0 Å². The Balaban J connectivity index is 1.95. The van der Waals surface area contributed by atoms with Gasteiger partial charge >= 0.3 is 0 Å². The van der Waals surface area contributed by atoms with Crippen LogP contribution < -0.4 is 10.1 Å². The number of carbonyl (C=O) groups is 1. The van der Waals surface area contributed by atoms with Crippen LogP contribution in [-0.2, 0) is 6.61 Å². The number of nitrogens with one attached hydrogen (secondary N) is 1. The Morgan fingerprint density at radius 1 is 1.18 bits per heavy atom. The number of hydrogen-bond acceptors (Lipinski definition) is 2. The van der Waals surface area contributed by atoms with Crippen LogP contribution in [0.25, 0.3) is 0 Å². The largest absolute Gasteiger partial charge is 0.489 e. The minimum Gasteiger partial charge on any atom is -0.489 e. The molecule has 116 valence electrons. The Kier molecular flexibility index (Phi) is 5.84. The van der Waals surface area contributed by atoms with Gasteiger partial charge in [-0.3, -0.25) is 4.79 Å². The zero-order chi connectivity index (χ0) is 15.9. The molecule has 1 atom stereocenters. The van der Waals surface area contributed by atoms with Crippen molar-refractivity contribution in [2.75, 3.05) is 0 Å². The van der Waals surface area contributed by atoms with E-state index in [0.717, 1.165) is 12.0 Å². The summed E-state index contributed by atoms with van der Waals surface area (Å²) in [7, 11) is 0. The fourth-order valence-electron chi connectivity index (χ4n) is 1.89. The van der Waals surface area contributed by atoms with E-state index in [9.17, 15) is 4.79 Å². The normalized spacial score (nSPS) is 11.8. The summed E-state index contributed by atoms with van der Waals surface area (Å²) in [5, 5.41) is 3.62. The molecule has 0 radical (unpaired) electrons. The van der Waals surface area contributed by atoms with Crippen LogP contribution >= 0.6 is 11.6 Å². The Labute approximate surface area is 136 Å². The first-order valence-electron chi connectivity index (χ1n) is 7.37. The molecule has 2 rings (SSSR count). The van der Waals surface area contributed by atoms with E-state index < -0.39 is 0 Å². The molecule has 0 aliphatic rings. The third-order valence-corrected chi connectivity index (χ3v) is 3.83. The van der Waals surface area contributed by atoms with Crippen LogP contribution in [0.5, 0.6) is 5.75 Å². The molecule has 0 spiro atoms. The molecule has 2 aromatic rings. The van der Waals surface area contributed by atoms with Crippen LogP contribution in [0, 0.1) is 0 Å². The highest BCUT2D eigenvalue weighted by Gasteiger charge is 2.08. The van der Waals surface area contributed by atoms with Gasteiger partial charge in [0.15, 0.2) is 0 Å². The van der Waals surface area contributed by atoms with Crippen molar-refractivity contribution in [2.24, 2.45) is 0 Å². The van der Waals surface area contributed by atoms with Crippen molar-refractivity contribution in [3.05, 3.63) is 64.7 Å². The van der Waals surface area contributed by atoms with E-state index in [2.05, 4.69) is 5.32 Å². The maximum Gasteiger partial charge on any atom is 0.251 e. The Hall–Kier alpha value is -2.00. The zero-order valence-corrected chi connectivity index (χ0v) is 13.6. The SMILES string of the molecule is CC[C@H](C)NC(=O)c1ccc(OCc2ccccc2Cl)cc1. The highest BCUT2D eigenvalue weighted by molar-refractivity contribution is 6.31. The molecule has 0 aliphatic carbocycles. The Bertz CT molecular complexity index is 625. The molecule has 4 heteroatoms. The topological polar surface area (TPSA) is 38.3 Å². The molecule has 3 nitrogen and oxygen atoms in total. The third kappa shape index (κ3) is 4.50. The zero-order valence-electron chi connectivity index (χ0n) is 12.8. The van der Waals surface area contributed by atoms with Gasteiger partial charge in [-0.1, -0.05) is 36.7 Å². The van der Waals surface area contributed by atoms with Crippen molar-refractivity contribution < 1.29 is 9.53 Å². The van der Waals surface area contributed by atoms with Crippen LogP contribution in [0.3, 0.4) is 0 Å². The lowest BCUT2D eigenvalue weighted by atomic mass is 10.2. The number of ether oxygens (including phenoxy) is 1. The summed E-state index contributed by atoms with van der Waals surface area (Å²) in [6, 6.07) is 14.9. The molecule has 0 unspecified atom stereocenters. The van der Waals surface area contributed by atoms with Gasteiger partial charge in [-0.2, -0.15) is 0 Å². The van der Waals surface area contributed by atoms with Crippen molar-refractivity contribution >= 4 is 17.5 Å². The quantitative estimate of drug-likeness (QED) is 0.855. The molecule has 22 heavy (non-hydrogen) atoms. The molecule has 0 saturated carbocycles. The second kappa shape index (κ2) is 7.85. The van der Waals surface area contributed by atoms with Crippen molar-refractivity contribution in [1.29, 1.82) is 0 Å². The first kappa shape index (κ1) is 16.4. The fraction of sp³-hybridized carbons (Fsp3) is 0.278. The first-order valence-corrected chi connectivity index (χ1v) is 7.75. The van der Waals surface area contributed by atoms with Gasteiger partial charge in [0.05, 0.1) is 0 Å². The molecule has 0 saturated heterocycles. The van der Waals surface area contributed by atoms with Gasteiger partial charge in [-0.05, 0) is 43.7 Å². The van der Waals surface area contributed by atoms with Crippen LogP contribution in [0.2, 0.25) is 5.02 Å². The van der Waals surface area contributed by atoms with E-state index in [1.807, 2.05) is 38.1 Å². The van der Waals surface area contributed by atoms with Gasteiger partial charge in [0.25, 0.3) is 5.91 Å². The van der Waals surface area contributed by atoms with E-state index in [0.29, 0.717) is 22.9 Å². The minimum absolute atomic E-state index is 0.0630. The summed E-state index contributed by atoms with van der Waals surface area (Å²) in [6.45, 7) is 4.42. The maximum absolute atomic E-state index is 12.0. The van der Waals surface area contributed by atoms with Gasteiger partial charge in [-0.15, -0.1) is 0 Å².